The van der Waals surface area contributed by atoms with Gasteiger partial charge in [0.15, 0.2) is 0 Å². The summed E-state index contributed by atoms with van der Waals surface area (Å²) in [6, 6.07) is 8.52. The van der Waals surface area contributed by atoms with Crippen molar-refractivity contribution in [2.45, 2.75) is 31.7 Å². The summed E-state index contributed by atoms with van der Waals surface area (Å²) in [5.74, 6) is -0.898. The highest BCUT2D eigenvalue weighted by molar-refractivity contribution is 6.01. The Hall–Kier alpha value is -2.57. The lowest BCUT2D eigenvalue weighted by Crippen LogP contribution is -2.48. The van der Waals surface area contributed by atoms with E-state index < -0.39 is 17.4 Å². The van der Waals surface area contributed by atoms with E-state index in [1.807, 2.05) is 30.3 Å². The minimum atomic E-state index is -0.803. The zero-order chi connectivity index (χ0) is 18.3. The fourth-order valence-electron chi connectivity index (χ4n) is 4.71. The van der Waals surface area contributed by atoms with Crippen LogP contribution in [0.1, 0.15) is 25.7 Å². The van der Waals surface area contributed by atoms with E-state index in [9.17, 15) is 19.5 Å². The first-order valence-electron chi connectivity index (χ1n) is 9.16. The van der Waals surface area contributed by atoms with Gasteiger partial charge in [-0.25, -0.2) is 4.79 Å². The number of carbonyl (C=O) groups is 3. The third-order valence-electron chi connectivity index (χ3n) is 6.15. The number of nitrogens with one attached hydrogen (secondary N) is 1. The Labute approximate surface area is 152 Å². The average molecular weight is 357 g/mol. The van der Waals surface area contributed by atoms with E-state index in [1.54, 1.807) is 9.80 Å². The smallest absolute Gasteiger partial charge is 0.318 e. The summed E-state index contributed by atoms with van der Waals surface area (Å²) in [5, 5.41) is 12.5. The Balaban J connectivity index is 1.40. The molecule has 1 unspecified atom stereocenters. The van der Waals surface area contributed by atoms with Gasteiger partial charge in [0.05, 0.1) is 5.41 Å². The van der Waals surface area contributed by atoms with E-state index in [0.717, 1.165) is 18.5 Å². The van der Waals surface area contributed by atoms with Crippen molar-refractivity contribution in [3.05, 3.63) is 30.3 Å². The van der Waals surface area contributed by atoms with Gasteiger partial charge in [0, 0.05) is 25.3 Å². The molecule has 0 spiro atoms. The molecule has 2 heterocycles. The van der Waals surface area contributed by atoms with Gasteiger partial charge in [-0.3, -0.25) is 9.59 Å². The first-order chi connectivity index (χ1) is 12.5. The van der Waals surface area contributed by atoms with Crippen LogP contribution in [-0.2, 0) is 9.59 Å². The summed E-state index contributed by atoms with van der Waals surface area (Å²) in [7, 11) is 0. The maximum atomic E-state index is 12.6. The van der Waals surface area contributed by atoms with Gasteiger partial charge in [-0.2, -0.15) is 0 Å². The number of likely N-dealkylation sites (tertiary alicyclic amines) is 1. The number of carboxylic acid groups (broad SMARTS) is 1. The summed E-state index contributed by atoms with van der Waals surface area (Å²) < 4.78 is 0. The van der Waals surface area contributed by atoms with Gasteiger partial charge in [0.2, 0.25) is 5.91 Å². The van der Waals surface area contributed by atoms with Crippen LogP contribution in [0.4, 0.5) is 10.5 Å². The van der Waals surface area contributed by atoms with Crippen LogP contribution in [0.25, 0.3) is 0 Å². The summed E-state index contributed by atoms with van der Waals surface area (Å²) in [6.07, 6.45) is 2.93. The summed E-state index contributed by atoms with van der Waals surface area (Å²) in [6.45, 7) is 1.26. The molecule has 0 bridgehead atoms. The molecule has 0 radical (unpaired) electrons. The first-order valence-corrected chi connectivity index (χ1v) is 9.16. The highest BCUT2D eigenvalue weighted by atomic mass is 16.4. The van der Waals surface area contributed by atoms with Crippen molar-refractivity contribution in [2.75, 3.05) is 24.5 Å². The number of benzene rings is 1. The molecule has 26 heavy (non-hydrogen) atoms. The zero-order valence-corrected chi connectivity index (χ0v) is 14.6. The van der Waals surface area contributed by atoms with E-state index in [4.69, 9.17) is 0 Å². The molecule has 138 valence electrons. The minimum absolute atomic E-state index is 0.0193. The number of urea groups is 1. The highest BCUT2D eigenvalue weighted by Gasteiger charge is 2.56. The molecule has 3 atom stereocenters. The van der Waals surface area contributed by atoms with Gasteiger partial charge in [0.1, 0.15) is 6.04 Å². The second-order valence-corrected chi connectivity index (χ2v) is 7.55. The van der Waals surface area contributed by atoms with Crippen LogP contribution in [0.2, 0.25) is 0 Å². The summed E-state index contributed by atoms with van der Waals surface area (Å²) in [4.78, 5) is 40.3. The number of nitrogens with zero attached hydrogens (tertiary/aromatic N) is 2. The standard InChI is InChI=1S/C19H23N3O4/c23-16-15(8-10-22(16)14-6-2-1-3-7-14)20-18(26)21-11-13-5-4-9-19(13,12-21)17(24)25/h1-3,6-7,13,15H,4-5,8-12H2,(H,20,26)(H,24,25)/t13-,15?,19+/m0/s1. The normalized spacial score (nSPS) is 30.5. The Kier molecular flexibility index (Phi) is 4.09. The van der Waals surface area contributed by atoms with Crippen molar-refractivity contribution < 1.29 is 19.5 Å². The predicted molar refractivity (Wildman–Crippen MR) is 94.7 cm³/mol. The van der Waals surface area contributed by atoms with Crippen molar-refractivity contribution in [2.24, 2.45) is 11.3 Å². The first kappa shape index (κ1) is 16.9. The predicted octanol–water partition coefficient (Wildman–Crippen LogP) is 1.69. The maximum Gasteiger partial charge on any atom is 0.318 e. The van der Waals surface area contributed by atoms with E-state index in [1.165, 1.54) is 0 Å². The number of anilines is 1. The molecular weight excluding hydrogens is 334 g/mol. The number of aliphatic carboxylic acids is 1. The lowest BCUT2D eigenvalue weighted by Gasteiger charge is -2.24. The van der Waals surface area contributed by atoms with E-state index >= 15 is 0 Å². The number of hydrogen-bond donors (Lipinski definition) is 2. The number of amides is 3. The van der Waals surface area contributed by atoms with Crippen LogP contribution in [0.3, 0.4) is 0 Å². The summed E-state index contributed by atoms with van der Waals surface area (Å²) >= 11 is 0. The second-order valence-electron chi connectivity index (χ2n) is 7.55. The molecule has 1 saturated carbocycles. The SMILES string of the molecule is O=C(NC1CCN(c2ccccc2)C1=O)N1C[C@@H]2CCC[C@@]2(C(=O)O)C1. The van der Waals surface area contributed by atoms with Crippen LogP contribution in [-0.4, -0.2) is 53.6 Å². The molecule has 7 nitrogen and oxygen atoms in total. The van der Waals surface area contributed by atoms with Crippen LogP contribution >= 0.6 is 0 Å². The number of carboxylic acids is 1. The molecule has 2 aliphatic heterocycles. The number of hydrogen-bond acceptors (Lipinski definition) is 3. The monoisotopic (exact) mass is 357 g/mol. The molecule has 1 aliphatic carbocycles. The van der Waals surface area contributed by atoms with Crippen molar-refractivity contribution in [3.63, 3.8) is 0 Å². The fourth-order valence-corrected chi connectivity index (χ4v) is 4.71. The Morgan fingerprint density at radius 3 is 2.65 bits per heavy atom. The number of rotatable bonds is 3. The van der Waals surface area contributed by atoms with Gasteiger partial charge < -0.3 is 20.2 Å². The lowest BCUT2D eigenvalue weighted by atomic mass is 9.81. The van der Waals surface area contributed by atoms with E-state index in [2.05, 4.69) is 5.32 Å². The fraction of sp³-hybridized carbons (Fsp3) is 0.526. The van der Waals surface area contributed by atoms with Gasteiger partial charge >= 0.3 is 12.0 Å². The molecular formula is C19H23N3O4. The molecule has 2 N–H and O–H groups in total. The van der Waals surface area contributed by atoms with E-state index in [0.29, 0.717) is 25.9 Å². The third kappa shape index (κ3) is 2.62. The Morgan fingerprint density at radius 1 is 1.19 bits per heavy atom. The third-order valence-corrected chi connectivity index (χ3v) is 6.15. The highest BCUT2D eigenvalue weighted by Crippen LogP contribution is 2.48. The van der Waals surface area contributed by atoms with Crippen molar-refractivity contribution in [1.29, 1.82) is 0 Å². The minimum Gasteiger partial charge on any atom is -0.481 e. The lowest BCUT2D eigenvalue weighted by molar-refractivity contribution is -0.149. The van der Waals surface area contributed by atoms with Crippen LogP contribution in [0.15, 0.2) is 30.3 Å². The molecule has 1 aromatic rings. The molecule has 3 amide bonds. The van der Waals surface area contributed by atoms with Crippen LogP contribution in [0.5, 0.6) is 0 Å². The Morgan fingerprint density at radius 2 is 1.96 bits per heavy atom. The Bertz CT molecular complexity index is 738. The molecule has 0 aromatic heterocycles. The van der Waals surface area contributed by atoms with Gasteiger partial charge in [0.25, 0.3) is 0 Å². The molecule has 3 fully saturated rings. The van der Waals surface area contributed by atoms with E-state index in [-0.39, 0.29) is 24.4 Å². The van der Waals surface area contributed by atoms with Crippen LogP contribution in [0, 0.1) is 11.3 Å². The number of carbonyl (C=O) groups excluding carboxylic acids is 2. The zero-order valence-electron chi connectivity index (χ0n) is 14.6. The molecule has 7 heteroatoms. The van der Waals surface area contributed by atoms with Crippen molar-refractivity contribution in [1.82, 2.24) is 10.2 Å². The summed E-state index contributed by atoms with van der Waals surface area (Å²) in [5.41, 5.74) is 0.0300. The van der Waals surface area contributed by atoms with Gasteiger partial charge in [-0.05, 0) is 37.3 Å². The van der Waals surface area contributed by atoms with Crippen LogP contribution < -0.4 is 10.2 Å². The maximum absolute atomic E-state index is 12.6. The van der Waals surface area contributed by atoms with Gasteiger partial charge in [-0.15, -0.1) is 0 Å². The molecule has 2 saturated heterocycles. The molecule has 4 rings (SSSR count). The largest absolute Gasteiger partial charge is 0.481 e. The average Bonchev–Trinajstić information content (AvgIpc) is 3.29. The quantitative estimate of drug-likeness (QED) is 0.861. The van der Waals surface area contributed by atoms with Gasteiger partial charge in [-0.1, -0.05) is 24.6 Å². The van der Waals surface area contributed by atoms with Crippen molar-refractivity contribution >= 4 is 23.6 Å². The topological polar surface area (TPSA) is 90.0 Å². The molecule has 3 aliphatic rings. The number of para-hydroxylation sites is 1. The number of fused-ring (bicyclic) bond motifs is 1. The van der Waals surface area contributed by atoms with Crippen molar-refractivity contribution in [3.8, 4) is 0 Å². The molecule has 1 aromatic carbocycles. The second kappa shape index (κ2) is 6.30.